The molecule has 114 valence electrons. The van der Waals surface area contributed by atoms with E-state index in [1.165, 1.54) is 18.2 Å². The van der Waals surface area contributed by atoms with Gasteiger partial charge in [0.25, 0.3) is 0 Å². The fourth-order valence-electron chi connectivity index (χ4n) is 2.80. The van der Waals surface area contributed by atoms with Gasteiger partial charge in [0.05, 0.1) is 12.5 Å². The number of carboxylic acids is 1. The van der Waals surface area contributed by atoms with E-state index in [4.69, 9.17) is 5.11 Å². The van der Waals surface area contributed by atoms with Gasteiger partial charge in [-0.3, -0.25) is 9.59 Å². The summed E-state index contributed by atoms with van der Waals surface area (Å²) in [4.78, 5) is 23.2. The van der Waals surface area contributed by atoms with Gasteiger partial charge in [-0.1, -0.05) is 31.4 Å². The van der Waals surface area contributed by atoms with Gasteiger partial charge < -0.3 is 10.4 Å². The third kappa shape index (κ3) is 4.55. The van der Waals surface area contributed by atoms with E-state index in [1.54, 1.807) is 6.07 Å². The highest BCUT2D eigenvalue weighted by atomic mass is 19.1. The Morgan fingerprint density at radius 1 is 1.29 bits per heavy atom. The molecule has 1 saturated carbocycles. The summed E-state index contributed by atoms with van der Waals surface area (Å²) in [6.45, 7) is 0. The van der Waals surface area contributed by atoms with Gasteiger partial charge in [-0.05, 0) is 30.5 Å². The van der Waals surface area contributed by atoms with Crippen molar-refractivity contribution in [2.45, 2.75) is 44.6 Å². The number of aliphatic carboxylic acids is 1. The van der Waals surface area contributed by atoms with Crippen LogP contribution in [0.4, 0.5) is 4.39 Å². The van der Waals surface area contributed by atoms with E-state index in [0.29, 0.717) is 5.56 Å². The molecule has 0 aliphatic heterocycles. The predicted molar refractivity (Wildman–Crippen MR) is 76.1 cm³/mol. The zero-order chi connectivity index (χ0) is 15.2. The van der Waals surface area contributed by atoms with Gasteiger partial charge in [0.15, 0.2) is 0 Å². The Labute approximate surface area is 123 Å². The molecule has 1 aromatic carbocycles. The standard InChI is InChI=1S/C16H20FNO3/c17-13-8-4-7-12(9-13)14(10-15(19)20)18-16(21)11-5-2-1-3-6-11/h4,7-9,11,14H,1-3,5-6,10H2,(H,18,21)(H,19,20). The quantitative estimate of drug-likeness (QED) is 0.877. The number of carbonyl (C=O) groups excluding carboxylic acids is 1. The molecule has 21 heavy (non-hydrogen) atoms. The van der Waals surface area contributed by atoms with Crippen molar-refractivity contribution in [3.05, 3.63) is 35.6 Å². The van der Waals surface area contributed by atoms with E-state index >= 15 is 0 Å². The summed E-state index contributed by atoms with van der Waals surface area (Å²) in [5.41, 5.74) is 0.488. The molecule has 1 unspecified atom stereocenters. The van der Waals surface area contributed by atoms with Crippen molar-refractivity contribution in [3.8, 4) is 0 Å². The summed E-state index contributed by atoms with van der Waals surface area (Å²) in [5, 5.41) is 11.8. The maximum atomic E-state index is 13.3. The summed E-state index contributed by atoms with van der Waals surface area (Å²) >= 11 is 0. The van der Waals surface area contributed by atoms with E-state index in [-0.39, 0.29) is 18.2 Å². The molecule has 2 rings (SSSR count). The van der Waals surface area contributed by atoms with Gasteiger partial charge in [-0.15, -0.1) is 0 Å². The third-order valence-electron chi connectivity index (χ3n) is 3.92. The minimum Gasteiger partial charge on any atom is -0.481 e. The van der Waals surface area contributed by atoms with Crippen molar-refractivity contribution >= 4 is 11.9 Å². The Morgan fingerprint density at radius 2 is 2.00 bits per heavy atom. The Hall–Kier alpha value is -1.91. The van der Waals surface area contributed by atoms with Crippen molar-refractivity contribution in [1.29, 1.82) is 0 Å². The van der Waals surface area contributed by atoms with Crippen LogP contribution in [0.2, 0.25) is 0 Å². The van der Waals surface area contributed by atoms with E-state index in [2.05, 4.69) is 5.32 Å². The maximum Gasteiger partial charge on any atom is 0.305 e. The summed E-state index contributed by atoms with van der Waals surface area (Å²) in [6, 6.07) is 5.04. The molecule has 0 aromatic heterocycles. The number of amides is 1. The third-order valence-corrected chi connectivity index (χ3v) is 3.92. The largest absolute Gasteiger partial charge is 0.481 e. The fraction of sp³-hybridized carbons (Fsp3) is 0.500. The number of halogens is 1. The number of carboxylic acid groups (broad SMARTS) is 1. The van der Waals surface area contributed by atoms with Crippen LogP contribution in [0.25, 0.3) is 0 Å². The molecule has 0 saturated heterocycles. The van der Waals surface area contributed by atoms with Crippen molar-refractivity contribution < 1.29 is 19.1 Å². The normalized spacial score (nSPS) is 17.2. The molecule has 1 amide bonds. The van der Waals surface area contributed by atoms with E-state index in [0.717, 1.165) is 32.1 Å². The summed E-state index contributed by atoms with van der Waals surface area (Å²) < 4.78 is 13.3. The van der Waals surface area contributed by atoms with Gasteiger partial charge in [0.1, 0.15) is 5.82 Å². The smallest absolute Gasteiger partial charge is 0.305 e. The first-order valence-electron chi connectivity index (χ1n) is 7.34. The molecule has 5 heteroatoms. The summed E-state index contributed by atoms with van der Waals surface area (Å²) in [7, 11) is 0. The van der Waals surface area contributed by atoms with Crippen molar-refractivity contribution in [3.63, 3.8) is 0 Å². The van der Waals surface area contributed by atoms with Crippen LogP contribution in [0.3, 0.4) is 0 Å². The minimum atomic E-state index is -1.02. The summed E-state index contributed by atoms with van der Waals surface area (Å²) in [6.07, 6.45) is 4.64. The van der Waals surface area contributed by atoms with Crippen LogP contribution in [0.15, 0.2) is 24.3 Å². The molecule has 0 heterocycles. The molecule has 4 nitrogen and oxygen atoms in total. The van der Waals surface area contributed by atoms with Crippen molar-refractivity contribution in [1.82, 2.24) is 5.32 Å². The Kier molecular flexibility index (Phi) is 5.31. The van der Waals surface area contributed by atoms with Gasteiger partial charge in [0.2, 0.25) is 5.91 Å². The highest BCUT2D eigenvalue weighted by Gasteiger charge is 2.25. The van der Waals surface area contributed by atoms with Gasteiger partial charge in [-0.25, -0.2) is 4.39 Å². The molecule has 1 aliphatic rings. The number of carbonyl (C=O) groups is 2. The monoisotopic (exact) mass is 293 g/mol. The topological polar surface area (TPSA) is 66.4 Å². The number of rotatable bonds is 5. The zero-order valence-electron chi connectivity index (χ0n) is 11.8. The van der Waals surface area contributed by atoms with Crippen LogP contribution in [0, 0.1) is 11.7 Å². The molecule has 1 aromatic rings. The first-order valence-corrected chi connectivity index (χ1v) is 7.34. The molecule has 0 radical (unpaired) electrons. The second-order valence-corrected chi connectivity index (χ2v) is 5.55. The van der Waals surface area contributed by atoms with Crippen molar-refractivity contribution in [2.24, 2.45) is 5.92 Å². The highest BCUT2D eigenvalue weighted by molar-refractivity contribution is 5.80. The van der Waals surface area contributed by atoms with Crippen LogP contribution in [-0.2, 0) is 9.59 Å². The van der Waals surface area contributed by atoms with Gasteiger partial charge in [-0.2, -0.15) is 0 Å². The van der Waals surface area contributed by atoms with E-state index < -0.39 is 17.8 Å². The van der Waals surface area contributed by atoms with Gasteiger partial charge in [0, 0.05) is 5.92 Å². The SMILES string of the molecule is O=C(O)CC(NC(=O)C1CCCCC1)c1cccc(F)c1. The lowest BCUT2D eigenvalue weighted by molar-refractivity contribution is -0.138. The van der Waals surface area contributed by atoms with Crippen molar-refractivity contribution in [2.75, 3.05) is 0 Å². The number of hydrogen-bond acceptors (Lipinski definition) is 2. The van der Waals surface area contributed by atoms with E-state index in [9.17, 15) is 14.0 Å². The van der Waals surface area contributed by atoms with E-state index in [1.807, 2.05) is 0 Å². The number of hydrogen-bond donors (Lipinski definition) is 2. The average Bonchev–Trinajstić information content (AvgIpc) is 2.47. The van der Waals surface area contributed by atoms with Crippen LogP contribution in [0.5, 0.6) is 0 Å². The predicted octanol–water partition coefficient (Wildman–Crippen LogP) is 3.04. The molecular formula is C16H20FNO3. The Bertz CT molecular complexity index is 512. The van der Waals surface area contributed by atoms with Crippen LogP contribution < -0.4 is 5.32 Å². The lowest BCUT2D eigenvalue weighted by Crippen LogP contribution is -2.36. The lowest BCUT2D eigenvalue weighted by atomic mass is 9.88. The molecule has 0 bridgehead atoms. The molecular weight excluding hydrogens is 273 g/mol. The minimum absolute atomic E-state index is 0.0522. The number of benzene rings is 1. The summed E-state index contributed by atoms with van der Waals surface area (Å²) in [5.74, 6) is -1.63. The lowest BCUT2D eigenvalue weighted by Gasteiger charge is -2.24. The number of nitrogens with one attached hydrogen (secondary N) is 1. The Balaban J connectivity index is 2.08. The molecule has 0 spiro atoms. The Morgan fingerprint density at radius 3 is 2.62 bits per heavy atom. The maximum absolute atomic E-state index is 13.3. The first-order chi connectivity index (χ1) is 10.1. The second-order valence-electron chi connectivity index (χ2n) is 5.55. The average molecular weight is 293 g/mol. The highest BCUT2D eigenvalue weighted by Crippen LogP contribution is 2.25. The molecule has 1 atom stereocenters. The molecule has 1 fully saturated rings. The van der Waals surface area contributed by atoms with Gasteiger partial charge >= 0.3 is 5.97 Å². The second kappa shape index (κ2) is 7.20. The molecule has 2 N–H and O–H groups in total. The van der Waals surface area contributed by atoms with Crippen LogP contribution >= 0.6 is 0 Å². The molecule has 1 aliphatic carbocycles. The van der Waals surface area contributed by atoms with Crippen LogP contribution in [-0.4, -0.2) is 17.0 Å². The zero-order valence-corrected chi connectivity index (χ0v) is 11.8. The first kappa shape index (κ1) is 15.5. The van der Waals surface area contributed by atoms with Crippen LogP contribution in [0.1, 0.15) is 50.1 Å². The fourth-order valence-corrected chi connectivity index (χ4v) is 2.80.